The molecule has 0 fully saturated rings. The Morgan fingerprint density at radius 3 is 2.65 bits per heavy atom. The number of nitrogens with one attached hydrogen (secondary N) is 1. The largest absolute Gasteiger partial charge is 0.507 e. The predicted octanol–water partition coefficient (Wildman–Crippen LogP) is 1.90. The summed E-state index contributed by atoms with van der Waals surface area (Å²) in [5.74, 6) is -0.680. The Hall–Kier alpha value is -2.11. The van der Waals surface area contributed by atoms with Crippen LogP contribution in [0.3, 0.4) is 0 Å². The number of carbonyl (C=O) groups is 1. The number of carbonyl (C=O) groups excluding carboxylic acids is 1. The van der Waals surface area contributed by atoms with Crippen LogP contribution in [0.2, 0.25) is 5.02 Å². The lowest BCUT2D eigenvalue weighted by atomic mass is 10.1. The quantitative estimate of drug-likeness (QED) is 0.804. The summed E-state index contributed by atoms with van der Waals surface area (Å²) in [6, 6.07) is 7.55. The highest BCUT2D eigenvalue weighted by molar-refractivity contribution is 6.30. The van der Waals surface area contributed by atoms with Crippen LogP contribution in [0.1, 0.15) is 22.0 Å². The van der Waals surface area contributed by atoms with Crippen LogP contribution < -0.4 is 5.32 Å². The van der Waals surface area contributed by atoms with Gasteiger partial charge < -0.3 is 15.5 Å². The van der Waals surface area contributed by atoms with E-state index >= 15 is 0 Å². The van der Waals surface area contributed by atoms with Crippen molar-refractivity contribution in [2.24, 2.45) is 0 Å². The van der Waals surface area contributed by atoms with E-state index in [4.69, 9.17) is 11.6 Å². The Bertz CT molecular complexity index is 605. The van der Waals surface area contributed by atoms with Crippen molar-refractivity contribution in [1.29, 1.82) is 0 Å². The number of pyridine rings is 1. The van der Waals surface area contributed by atoms with Gasteiger partial charge in [0, 0.05) is 24.0 Å². The van der Waals surface area contributed by atoms with Crippen LogP contribution in [0.25, 0.3) is 0 Å². The molecule has 0 aliphatic heterocycles. The van der Waals surface area contributed by atoms with Crippen molar-refractivity contribution in [3.05, 3.63) is 58.9 Å². The number of aromatic hydroxyl groups is 1. The van der Waals surface area contributed by atoms with Crippen molar-refractivity contribution in [1.82, 2.24) is 10.3 Å². The lowest BCUT2D eigenvalue weighted by Gasteiger charge is -2.12. The van der Waals surface area contributed by atoms with Crippen molar-refractivity contribution in [3.63, 3.8) is 0 Å². The number of aliphatic hydroxyl groups excluding tert-OH is 1. The standard InChI is InChI=1S/C14H13ClN2O3/c15-10-1-2-11(12(18)7-10)14(20)17-8-13(19)9-3-5-16-6-4-9/h1-7,13,18-19H,8H2,(H,17,20). The molecule has 1 atom stereocenters. The lowest BCUT2D eigenvalue weighted by Crippen LogP contribution is -2.28. The monoisotopic (exact) mass is 292 g/mol. The van der Waals surface area contributed by atoms with E-state index in [1.54, 1.807) is 24.5 Å². The van der Waals surface area contributed by atoms with Crippen LogP contribution in [0.5, 0.6) is 5.75 Å². The summed E-state index contributed by atoms with van der Waals surface area (Å²) in [4.78, 5) is 15.7. The van der Waals surface area contributed by atoms with Crippen molar-refractivity contribution < 1.29 is 15.0 Å². The molecule has 0 saturated heterocycles. The third kappa shape index (κ3) is 3.46. The van der Waals surface area contributed by atoms with Crippen LogP contribution in [0.4, 0.5) is 0 Å². The second-order valence-electron chi connectivity index (χ2n) is 4.17. The van der Waals surface area contributed by atoms with Gasteiger partial charge in [0.05, 0.1) is 11.7 Å². The third-order valence-electron chi connectivity index (χ3n) is 2.75. The molecule has 2 rings (SSSR count). The molecule has 20 heavy (non-hydrogen) atoms. The molecule has 2 aromatic rings. The van der Waals surface area contributed by atoms with Gasteiger partial charge in [0.1, 0.15) is 5.75 Å². The van der Waals surface area contributed by atoms with Crippen LogP contribution >= 0.6 is 11.6 Å². The van der Waals surface area contributed by atoms with Crippen molar-refractivity contribution in [3.8, 4) is 5.75 Å². The number of phenolic OH excluding ortho intramolecular Hbond substituents is 1. The molecule has 3 N–H and O–H groups in total. The highest BCUT2D eigenvalue weighted by Crippen LogP contribution is 2.21. The van der Waals surface area contributed by atoms with Gasteiger partial charge >= 0.3 is 0 Å². The van der Waals surface area contributed by atoms with E-state index in [-0.39, 0.29) is 17.9 Å². The molecule has 0 radical (unpaired) electrons. The number of hydrogen-bond acceptors (Lipinski definition) is 4. The van der Waals surface area contributed by atoms with Crippen LogP contribution in [0, 0.1) is 0 Å². The van der Waals surface area contributed by atoms with Gasteiger partial charge in [-0.3, -0.25) is 9.78 Å². The number of phenols is 1. The molecule has 1 heterocycles. The highest BCUT2D eigenvalue weighted by atomic mass is 35.5. The van der Waals surface area contributed by atoms with Gasteiger partial charge in [-0.2, -0.15) is 0 Å². The molecule has 0 aliphatic rings. The van der Waals surface area contributed by atoms with E-state index in [0.29, 0.717) is 10.6 Å². The summed E-state index contributed by atoms with van der Waals surface area (Å²) in [7, 11) is 0. The zero-order chi connectivity index (χ0) is 14.5. The Morgan fingerprint density at radius 1 is 1.30 bits per heavy atom. The van der Waals surface area contributed by atoms with E-state index < -0.39 is 12.0 Å². The summed E-state index contributed by atoms with van der Waals surface area (Å²) in [6.45, 7) is 0.0327. The van der Waals surface area contributed by atoms with Gasteiger partial charge in [-0.15, -0.1) is 0 Å². The Kier molecular flexibility index (Phi) is 4.55. The predicted molar refractivity (Wildman–Crippen MR) is 74.6 cm³/mol. The normalized spacial score (nSPS) is 11.9. The van der Waals surface area contributed by atoms with E-state index in [2.05, 4.69) is 10.3 Å². The molecular weight excluding hydrogens is 280 g/mol. The average molecular weight is 293 g/mol. The van der Waals surface area contributed by atoms with E-state index in [0.717, 1.165) is 0 Å². The molecule has 1 aromatic heterocycles. The summed E-state index contributed by atoms with van der Waals surface area (Å²) in [6.07, 6.45) is 2.29. The minimum atomic E-state index is -0.837. The number of aromatic nitrogens is 1. The van der Waals surface area contributed by atoms with Gasteiger partial charge in [0.2, 0.25) is 0 Å². The second-order valence-corrected chi connectivity index (χ2v) is 4.60. The molecule has 1 aromatic carbocycles. The number of halogens is 1. The molecule has 6 heteroatoms. The molecule has 0 aliphatic carbocycles. The molecule has 0 spiro atoms. The van der Waals surface area contributed by atoms with Crippen molar-refractivity contribution >= 4 is 17.5 Å². The summed E-state index contributed by atoms with van der Waals surface area (Å²) >= 11 is 5.69. The van der Waals surface area contributed by atoms with Gasteiger partial charge in [0.15, 0.2) is 0 Å². The van der Waals surface area contributed by atoms with E-state index in [1.165, 1.54) is 18.2 Å². The van der Waals surface area contributed by atoms with E-state index in [9.17, 15) is 15.0 Å². The number of nitrogens with zero attached hydrogens (tertiary/aromatic N) is 1. The first-order valence-electron chi connectivity index (χ1n) is 5.92. The lowest BCUT2D eigenvalue weighted by molar-refractivity contribution is 0.0913. The summed E-state index contributed by atoms with van der Waals surface area (Å²) in [5.41, 5.74) is 0.761. The average Bonchev–Trinajstić information content (AvgIpc) is 2.45. The number of rotatable bonds is 4. The topological polar surface area (TPSA) is 82.5 Å². The van der Waals surface area contributed by atoms with Crippen molar-refractivity contribution in [2.45, 2.75) is 6.10 Å². The van der Waals surface area contributed by atoms with Crippen LogP contribution in [-0.2, 0) is 0 Å². The molecule has 1 amide bonds. The minimum absolute atomic E-state index is 0.0327. The highest BCUT2D eigenvalue weighted by Gasteiger charge is 2.13. The summed E-state index contributed by atoms with van der Waals surface area (Å²) < 4.78 is 0. The van der Waals surface area contributed by atoms with Gasteiger partial charge in [-0.1, -0.05) is 11.6 Å². The molecule has 5 nitrogen and oxygen atoms in total. The van der Waals surface area contributed by atoms with Crippen LogP contribution in [-0.4, -0.2) is 27.6 Å². The molecule has 0 saturated carbocycles. The van der Waals surface area contributed by atoms with Crippen LogP contribution in [0.15, 0.2) is 42.7 Å². The maximum atomic E-state index is 11.9. The fraction of sp³-hybridized carbons (Fsp3) is 0.143. The zero-order valence-corrected chi connectivity index (χ0v) is 11.2. The minimum Gasteiger partial charge on any atom is -0.507 e. The maximum absolute atomic E-state index is 11.9. The summed E-state index contributed by atoms with van der Waals surface area (Å²) in [5, 5.41) is 22.4. The fourth-order valence-corrected chi connectivity index (χ4v) is 1.85. The Morgan fingerprint density at radius 2 is 2.00 bits per heavy atom. The molecule has 104 valence electrons. The van der Waals surface area contributed by atoms with E-state index in [1.807, 2.05) is 0 Å². The Balaban J connectivity index is 1.99. The van der Waals surface area contributed by atoms with Crippen molar-refractivity contribution in [2.75, 3.05) is 6.54 Å². The first-order valence-corrected chi connectivity index (χ1v) is 6.30. The zero-order valence-electron chi connectivity index (χ0n) is 10.5. The number of hydrogen-bond donors (Lipinski definition) is 3. The van der Waals surface area contributed by atoms with Gasteiger partial charge in [-0.05, 0) is 35.9 Å². The number of aliphatic hydroxyl groups is 1. The first-order chi connectivity index (χ1) is 9.58. The second kappa shape index (κ2) is 6.36. The maximum Gasteiger partial charge on any atom is 0.255 e. The Labute approximate surface area is 120 Å². The number of amides is 1. The molecular formula is C14H13ClN2O3. The number of benzene rings is 1. The molecule has 1 unspecified atom stereocenters. The van der Waals surface area contributed by atoms with Gasteiger partial charge in [-0.25, -0.2) is 0 Å². The smallest absolute Gasteiger partial charge is 0.255 e. The first kappa shape index (κ1) is 14.3. The fourth-order valence-electron chi connectivity index (χ4n) is 1.68. The van der Waals surface area contributed by atoms with Gasteiger partial charge in [0.25, 0.3) is 5.91 Å². The third-order valence-corrected chi connectivity index (χ3v) is 2.99. The molecule has 0 bridgehead atoms. The SMILES string of the molecule is O=C(NCC(O)c1ccncc1)c1ccc(Cl)cc1O.